The van der Waals surface area contributed by atoms with Crippen molar-refractivity contribution in [2.24, 2.45) is 0 Å². The number of ether oxygens (including phenoxy) is 1. The van der Waals surface area contributed by atoms with E-state index in [0.29, 0.717) is 13.2 Å². The highest BCUT2D eigenvalue weighted by Gasteiger charge is 2.22. The predicted octanol–water partition coefficient (Wildman–Crippen LogP) is 2.62. The number of methoxy groups -OCH3 is 1. The SMILES string of the molecule is COCCN(C)C(C#N)c1c(F)cccc1Cl. The van der Waals surface area contributed by atoms with E-state index in [2.05, 4.69) is 6.07 Å². The van der Waals surface area contributed by atoms with E-state index in [4.69, 9.17) is 21.6 Å². The zero-order valence-corrected chi connectivity index (χ0v) is 10.5. The summed E-state index contributed by atoms with van der Waals surface area (Å²) < 4.78 is 18.6. The Morgan fingerprint density at radius 2 is 2.29 bits per heavy atom. The van der Waals surface area contributed by atoms with Crippen molar-refractivity contribution < 1.29 is 9.13 Å². The number of rotatable bonds is 5. The molecule has 0 amide bonds. The summed E-state index contributed by atoms with van der Waals surface area (Å²) >= 11 is 5.93. The van der Waals surface area contributed by atoms with E-state index < -0.39 is 11.9 Å². The highest BCUT2D eigenvalue weighted by molar-refractivity contribution is 6.31. The minimum atomic E-state index is -0.709. The van der Waals surface area contributed by atoms with Crippen molar-refractivity contribution in [3.05, 3.63) is 34.6 Å². The number of likely N-dealkylation sites (N-methyl/N-ethyl adjacent to an activating group) is 1. The lowest BCUT2D eigenvalue weighted by molar-refractivity contribution is 0.150. The summed E-state index contributed by atoms with van der Waals surface area (Å²) in [6.07, 6.45) is 0. The molecule has 0 N–H and O–H groups in total. The molecule has 1 aromatic rings. The second-order valence-corrected chi connectivity index (χ2v) is 4.05. The van der Waals surface area contributed by atoms with Crippen LogP contribution in [0.3, 0.4) is 0 Å². The maximum atomic E-state index is 13.7. The van der Waals surface area contributed by atoms with E-state index in [1.54, 1.807) is 25.1 Å². The van der Waals surface area contributed by atoms with Crippen LogP contribution in [0.15, 0.2) is 18.2 Å². The number of nitriles is 1. The second kappa shape index (κ2) is 6.55. The minimum Gasteiger partial charge on any atom is -0.383 e. The van der Waals surface area contributed by atoms with Crippen LogP contribution in [0.1, 0.15) is 11.6 Å². The van der Waals surface area contributed by atoms with Gasteiger partial charge in [-0.05, 0) is 19.2 Å². The van der Waals surface area contributed by atoms with E-state index in [9.17, 15) is 4.39 Å². The smallest absolute Gasteiger partial charge is 0.130 e. The van der Waals surface area contributed by atoms with Crippen LogP contribution in [0, 0.1) is 17.1 Å². The van der Waals surface area contributed by atoms with Crippen molar-refractivity contribution in [1.29, 1.82) is 5.26 Å². The van der Waals surface area contributed by atoms with E-state index in [1.807, 2.05) is 0 Å². The van der Waals surface area contributed by atoms with Gasteiger partial charge in [0.1, 0.15) is 11.9 Å². The molecule has 0 bridgehead atoms. The molecule has 0 spiro atoms. The van der Waals surface area contributed by atoms with Crippen LogP contribution in [0.4, 0.5) is 4.39 Å². The lowest BCUT2D eigenvalue weighted by Gasteiger charge is -2.23. The molecule has 0 heterocycles. The van der Waals surface area contributed by atoms with E-state index >= 15 is 0 Å². The second-order valence-electron chi connectivity index (χ2n) is 3.64. The quantitative estimate of drug-likeness (QED) is 0.813. The summed E-state index contributed by atoms with van der Waals surface area (Å²) in [6.45, 7) is 1.00. The molecule has 1 unspecified atom stereocenters. The van der Waals surface area contributed by atoms with Gasteiger partial charge in [-0.15, -0.1) is 0 Å². The fraction of sp³-hybridized carbons (Fsp3) is 0.417. The topological polar surface area (TPSA) is 36.3 Å². The van der Waals surface area contributed by atoms with E-state index in [1.165, 1.54) is 12.1 Å². The largest absolute Gasteiger partial charge is 0.383 e. The molecule has 1 rings (SSSR count). The molecule has 0 saturated heterocycles. The van der Waals surface area contributed by atoms with E-state index in [0.717, 1.165) is 0 Å². The normalized spacial score (nSPS) is 12.5. The number of benzene rings is 1. The number of hydrogen-bond acceptors (Lipinski definition) is 3. The molecule has 0 fully saturated rings. The first-order valence-electron chi connectivity index (χ1n) is 5.14. The summed E-state index contributed by atoms with van der Waals surface area (Å²) in [5.74, 6) is -0.465. The van der Waals surface area contributed by atoms with Crippen molar-refractivity contribution in [2.45, 2.75) is 6.04 Å². The first kappa shape index (κ1) is 13.9. The molecule has 1 atom stereocenters. The Kier molecular flexibility index (Phi) is 5.36. The Hall–Kier alpha value is -1.15. The van der Waals surface area contributed by atoms with Gasteiger partial charge in [-0.3, -0.25) is 4.90 Å². The summed E-state index contributed by atoms with van der Waals surface area (Å²) in [4.78, 5) is 1.70. The molecular formula is C12H14ClFN2O. The summed E-state index contributed by atoms with van der Waals surface area (Å²) in [5.41, 5.74) is 0.218. The first-order chi connectivity index (χ1) is 8.11. The Morgan fingerprint density at radius 1 is 1.59 bits per heavy atom. The lowest BCUT2D eigenvalue weighted by atomic mass is 10.1. The van der Waals surface area contributed by atoms with E-state index in [-0.39, 0.29) is 10.6 Å². The predicted molar refractivity (Wildman–Crippen MR) is 64.3 cm³/mol. The van der Waals surface area contributed by atoms with Gasteiger partial charge in [0.25, 0.3) is 0 Å². The third kappa shape index (κ3) is 3.40. The Morgan fingerprint density at radius 3 is 2.82 bits per heavy atom. The third-order valence-electron chi connectivity index (χ3n) is 2.48. The van der Waals surface area contributed by atoms with Crippen LogP contribution in [0.25, 0.3) is 0 Å². The zero-order valence-electron chi connectivity index (χ0n) is 9.78. The van der Waals surface area contributed by atoms with Gasteiger partial charge >= 0.3 is 0 Å². The van der Waals surface area contributed by atoms with Crippen molar-refractivity contribution in [1.82, 2.24) is 4.90 Å². The maximum Gasteiger partial charge on any atom is 0.130 e. The monoisotopic (exact) mass is 256 g/mol. The average Bonchev–Trinajstić information content (AvgIpc) is 2.31. The highest BCUT2D eigenvalue weighted by atomic mass is 35.5. The summed E-state index contributed by atoms with van der Waals surface area (Å²) in [6, 6.07) is 5.74. The molecule has 3 nitrogen and oxygen atoms in total. The van der Waals surface area contributed by atoms with Gasteiger partial charge < -0.3 is 4.74 Å². The van der Waals surface area contributed by atoms with Crippen LogP contribution >= 0.6 is 11.6 Å². The van der Waals surface area contributed by atoms with Crippen molar-refractivity contribution in [3.63, 3.8) is 0 Å². The van der Waals surface area contributed by atoms with Gasteiger partial charge in [-0.25, -0.2) is 4.39 Å². The fourth-order valence-electron chi connectivity index (χ4n) is 1.52. The van der Waals surface area contributed by atoms with Crippen molar-refractivity contribution in [3.8, 4) is 6.07 Å². The van der Waals surface area contributed by atoms with Gasteiger partial charge in [0.05, 0.1) is 12.7 Å². The van der Waals surface area contributed by atoms with Crippen LogP contribution in [0.2, 0.25) is 5.02 Å². The fourth-order valence-corrected chi connectivity index (χ4v) is 1.79. The van der Waals surface area contributed by atoms with Crippen molar-refractivity contribution in [2.75, 3.05) is 27.3 Å². The highest BCUT2D eigenvalue weighted by Crippen LogP contribution is 2.28. The standard InChI is InChI=1S/C12H14ClFN2O/c1-16(6-7-17-2)11(8-15)12-9(13)4-3-5-10(12)14/h3-5,11H,6-7H2,1-2H3. The molecule has 0 aromatic heterocycles. The van der Waals surface area contributed by atoms with Crippen LogP contribution in [-0.2, 0) is 4.74 Å². The number of halogens is 2. The Bertz CT molecular complexity index is 399. The molecule has 0 aliphatic rings. The minimum absolute atomic E-state index is 0.218. The molecule has 5 heteroatoms. The van der Waals surface area contributed by atoms with Gasteiger partial charge in [0, 0.05) is 24.2 Å². The molecule has 0 saturated carbocycles. The molecule has 0 aliphatic carbocycles. The molecule has 0 radical (unpaired) electrons. The van der Waals surface area contributed by atoms with Gasteiger partial charge in [0.15, 0.2) is 0 Å². The molecule has 0 aliphatic heterocycles. The Balaban J connectivity index is 2.98. The first-order valence-corrected chi connectivity index (χ1v) is 5.52. The molecule has 92 valence electrons. The molecule has 1 aromatic carbocycles. The molecule has 17 heavy (non-hydrogen) atoms. The zero-order chi connectivity index (χ0) is 12.8. The Labute approximate surface area is 105 Å². The summed E-state index contributed by atoms with van der Waals surface area (Å²) in [7, 11) is 3.31. The van der Waals surface area contributed by atoms with Crippen LogP contribution in [-0.4, -0.2) is 32.2 Å². The van der Waals surface area contributed by atoms with Crippen LogP contribution in [0.5, 0.6) is 0 Å². The van der Waals surface area contributed by atoms with Gasteiger partial charge in [0.2, 0.25) is 0 Å². The van der Waals surface area contributed by atoms with Gasteiger partial charge in [-0.2, -0.15) is 5.26 Å². The molecular weight excluding hydrogens is 243 g/mol. The maximum absolute atomic E-state index is 13.7. The third-order valence-corrected chi connectivity index (χ3v) is 2.81. The lowest BCUT2D eigenvalue weighted by Crippen LogP contribution is -2.28. The van der Waals surface area contributed by atoms with Crippen molar-refractivity contribution >= 4 is 11.6 Å². The average molecular weight is 257 g/mol. The van der Waals surface area contributed by atoms with Gasteiger partial charge in [-0.1, -0.05) is 17.7 Å². The number of nitrogens with zero attached hydrogens (tertiary/aromatic N) is 2. The summed E-state index contributed by atoms with van der Waals surface area (Å²) in [5, 5.41) is 9.40. The van der Waals surface area contributed by atoms with Crippen LogP contribution < -0.4 is 0 Å². The number of hydrogen-bond donors (Lipinski definition) is 0.